The fourth-order valence-electron chi connectivity index (χ4n) is 3.81. The standard InChI is InChI=1S/C28H46O2/c1-3-4-5-6-7-8-9-10-11-12-13-14-15-16-17-18-20-26-21-19-22-27(23-26)29-24-28(2)25-30-28/h7-8,19,21-23H,3-6,9-18,20,24-25H2,1-2H3/b8-7+. The number of hydrogen-bond donors (Lipinski definition) is 0. The van der Waals surface area contributed by atoms with Gasteiger partial charge in [0.15, 0.2) is 0 Å². The Bertz CT molecular complexity index is 574. The molecule has 0 N–H and O–H groups in total. The van der Waals surface area contributed by atoms with Crippen molar-refractivity contribution in [1.29, 1.82) is 0 Å². The smallest absolute Gasteiger partial charge is 0.123 e. The molecular formula is C28H46O2. The van der Waals surface area contributed by atoms with Crippen molar-refractivity contribution in [3.8, 4) is 5.75 Å². The number of aryl methyl sites for hydroxylation is 1. The minimum atomic E-state index is -0.0407. The Morgan fingerprint density at radius 1 is 0.867 bits per heavy atom. The van der Waals surface area contributed by atoms with Crippen molar-refractivity contribution in [2.45, 2.75) is 116 Å². The average Bonchev–Trinajstić information content (AvgIpc) is 3.50. The Morgan fingerprint density at radius 2 is 1.47 bits per heavy atom. The molecule has 170 valence electrons. The van der Waals surface area contributed by atoms with E-state index in [0.717, 1.165) is 18.8 Å². The molecule has 0 amide bonds. The summed E-state index contributed by atoms with van der Waals surface area (Å²) in [4.78, 5) is 0. The molecule has 2 rings (SSSR count). The van der Waals surface area contributed by atoms with Gasteiger partial charge in [-0.3, -0.25) is 0 Å². The molecule has 1 aromatic carbocycles. The molecule has 1 atom stereocenters. The van der Waals surface area contributed by atoms with E-state index in [0.29, 0.717) is 6.61 Å². The normalized spacial score (nSPS) is 18.2. The highest BCUT2D eigenvalue weighted by molar-refractivity contribution is 5.28. The van der Waals surface area contributed by atoms with E-state index in [9.17, 15) is 0 Å². The van der Waals surface area contributed by atoms with Crippen LogP contribution in [0.25, 0.3) is 0 Å². The first-order valence-electron chi connectivity index (χ1n) is 12.7. The van der Waals surface area contributed by atoms with Crippen LogP contribution < -0.4 is 4.74 Å². The number of benzene rings is 1. The molecule has 1 aliphatic rings. The van der Waals surface area contributed by atoms with Crippen LogP contribution in [0.4, 0.5) is 0 Å². The SMILES string of the molecule is CCCCC/C=C/CCCCCCCCCCCc1cccc(OCC2(C)CO2)c1. The van der Waals surface area contributed by atoms with Crippen LogP contribution in [0.15, 0.2) is 36.4 Å². The highest BCUT2D eigenvalue weighted by Crippen LogP contribution is 2.27. The Balaban J connectivity index is 1.36. The van der Waals surface area contributed by atoms with Gasteiger partial charge in [-0.2, -0.15) is 0 Å². The molecule has 1 heterocycles. The fourth-order valence-corrected chi connectivity index (χ4v) is 3.81. The minimum Gasteiger partial charge on any atom is -0.490 e. The highest BCUT2D eigenvalue weighted by Gasteiger charge is 2.40. The second-order valence-corrected chi connectivity index (χ2v) is 9.36. The first kappa shape index (κ1) is 25.0. The lowest BCUT2D eigenvalue weighted by Gasteiger charge is -2.10. The van der Waals surface area contributed by atoms with E-state index in [2.05, 4.69) is 50.3 Å². The van der Waals surface area contributed by atoms with Gasteiger partial charge in [-0.25, -0.2) is 0 Å². The van der Waals surface area contributed by atoms with Crippen molar-refractivity contribution in [2.75, 3.05) is 13.2 Å². The number of allylic oxidation sites excluding steroid dienone is 2. The fraction of sp³-hybridized carbons (Fsp3) is 0.714. The van der Waals surface area contributed by atoms with Crippen LogP contribution in [-0.4, -0.2) is 18.8 Å². The van der Waals surface area contributed by atoms with Crippen LogP contribution >= 0.6 is 0 Å². The second kappa shape index (κ2) is 15.5. The molecule has 1 unspecified atom stereocenters. The first-order valence-corrected chi connectivity index (χ1v) is 12.7. The molecule has 0 spiro atoms. The number of ether oxygens (including phenoxy) is 2. The van der Waals surface area contributed by atoms with Crippen molar-refractivity contribution in [2.24, 2.45) is 0 Å². The lowest BCUT2D eigenvalue weighted by Crippen LogP contribution is -2.16. The number of epoxide rings is 1. The van der Waals surface area contributed by atoms with Crippen LogP contribution in [0, 0.1) is 0 Å². The Morgan fingerprint density at radius 3 is 2.10 bits per heavy atom. The lowest BCUT2D eigenvalue weighted by atomic mass is 10.0. The zero-order valence-electron chi connectivity index (χ0n) is 19.8. The maximum absolute atomic E-state index is 5.88. The Hall–Kier alpha value is -1.28. The average molecular weight is 415 g/mol. The third-order valence-electron chi connectivity index (χ3n) is 6.06. The van der Waals surface area contributed by atoms with E-state index in [-0.39, 0.29) is 5.60 Å². The molecule has 1 aliphatic heterocycles. The van der Waals surface area contributed by atoms with Crippen LogP contribution in [0.1, 0.15) is 109 Å². The Labute approximate surface area is 186 Å². The summed E-state index contributed by atoms with van der Waals surface area (Å²) in [5, 5.41) is 0. The van der Waals surface area contributed by atoms with Crippen molar-refractivity contribution in [1.82, 2.24) is 0 Å². The maximum Gasteiger partial charge on any atom is 0.123 e. The van der Waals surface area contributed by atoms with Crippen LogP contribution in [0.5, 0.6) is 5.75 Å². The van der Waals surface area contributed by atoms with Crippen molar-refractivity contribution >= 4 is 0 Å². The molecule has 0 aliphatic carbocycles. The molecular weight excluding hydrogens is 368 g/mol. The molecule has 1 aromatic rings. The van der Waals surface area contributed by atoms with Crippen molar-refractivity contribution in [3.05, 3.63) is 42.0 Å². The largest absolute Gasteiger partial charge is 0.490 e. The van der Waals surface area contributed by atoms with E-state index < -0.39 is 0 Å². The van der Waals surface area contributed by atoms with Crippen molar-refractivity contribution < 1.29 is 9.47 Å². The molecule has 0 bridgehead atoms. The zero-order valence-corrected chi connectivity index (χ0v) is 19.8. The summed E-state index contributed by atoms with van der Waals surface area (Å²) < 4.78 is 11.3. The summed E-state index contributed by atoms with van der Waals surface area (Å²) in [7, 11) is 0. The van der Waals surface area contributed by atoms with Gasteiger partial charge >= 0.3 is 0 Å². The van der Waals surface area contributed by atoms with Crippen LogP contribution in [0.2, 0.25) is 0 Å². The summed E-state index contributed by atoms with van der Waals surface area (Å²) in [5.41, 5.74) is 1.36. The van der Waals surface area contributed by atoms with E-state index >= 15 is 0 Å². The predicted molar refractivity (Wildman–Crippen MR) is 129 cm³/mol. The van der Waals surface area contributed by atoms with Crippen LogP contribution in [0.3, 0.4) is 0 Å². The van der Waals surface area contributed by atoms with Gasteiger partial charge in [0.2, 0.25) is 0 Å². The molecule has 1 saturated heterocycles. The summed E-state index contributed by atoms with van der Waals surface area (Å²) >= 11 is 0. The van der Waals surface area contributed by atoms with Crippen molar-refractivity contribution in [3.63, 3.8) is 0 Å². The summed E-state index contributed by atoms with van der Waals surface area (Å²) in [6.07, 6.45) is 25.0. The van der Waals surface area contributed by atoms with Gasteiger partial charge in [-0.1, -0.05) is 89.0 Å². The summed E-state index contributed by atoms with van der Waals surface area (Å²) in [6, 6.07) is 8.59. The maximum atomic E-state index is 5.88. The van der Waals surface area contributed by atoms with E-state index in [4.69, 9.17) is 9.47 Å². The highest BCUT2D eigenvalue weighted by atomic mass is 16.6. The Kier molecular flexibility index (Phi) is 12.9. The third kappa shape index (κ3) is 12.4. The van der Waals surface area contributed by atoms with Gasteiger partial charge in [-0.05, 0) is 63.1 Å². The second-order valence-electron chi connectivity index (χ2n) is 9.36. The summed E-state index contributed by atoms with van der Waals surface area (Å²) in [6.45, 7) is 5.85. The van der Waals surface area contributed by atoms with Gasteiger partial charge in [0.05, 0.1) is 6.61 Å². The quantitative estimate of drug-likeness (QED) is 0.129. The molecule has 2 heteroatoms. The van der Waals surface area contributed by atoms with Gasteiger partial charge in [0.25, 0.3) is 0 Å². The van der Waals surface area contributed by atoms with Gasteiger partial charge in [0.1, 0.15) is 18.0 Å². The lowest BCUT2D eigenvalue weighted by molar-refractivity contribution is 0.202. The molecule has 1 fully saturated rings. The van der Waals surface area contributed by atoms with Crippen LogP contribution in [-0.2, 0) is 11.2 Å². The van der Waals surface area contributed by atoms with Gasteiger partial charge < -0.3 is 9.47 Å². The summed E-state index contributed by atoms with van der Waals surface area (Å²) in [5.74, 6) is 0.983. The van der Waals surface area contributed by atoms with E-state index in [1.54, 1.807) is 0 Å². The predicted octanol–water partition coefficient (Wildman–Crippen LogP) is 8.43. The molecule has 2 nitrogen and oxygen atoms in total. The topological polar surface area (TPSA) is 21.8 Å². The zero-order chi connectivity index (χ0) is 21.3. The van der Waals surface area contributed by atoms with Gasteiger partial charge in [0, 0.05) is 0 Å². The first-order chi connectivity index (χ1) is 14.7. The monoisotopic (exact) mass is 414 g/mol. The number of hydrogen-bond acceptors (Lipinski definition) is 2. The molecule has 0 saturated carbocycles. The number of rotatable bonds is 19. The minimum absolute atomic E-state index is 0.0407. The molecule has 0 aromatic heterocycles. The third-order valence-corrected chi connectivity index (χ3v) is 6.06. The van der Waals surface area contributed by atoms with E-state index in [1.807, 2.05) is 0 Å². The van der Waals surface area contributed by atoms with Gasteiger partial charge in [-0.15, -0.1) is 0 Å². The number of unbranched alkanes of at least 4 members (excludes halogenated alkanes) is 12. The molecule has 30 heavy (non-hydrogen) atoms. The van der Waals surface area contributed by atoms with E-state index in [1.165, 1.54) is 95.5 Å². The molecule has 0 radical (unpaired) electrons.